The number of alkyl carbamates (subject to hydrolysis) is 1. The monoisotopic (exact) mass is 254 g/mol. The Bertz CT molecular complexity index is 299. The second-order valence-corrected chi connectivity index (χ2v) is 6.62. The zero-order valence-corrected chi connectivity index (χ0v) is 11.8. The molecule has 3 atom stereocenters. The summed E-state index contributed by atoms with van der Waals surface area (Å²) in [5.41, 5.74) is -0.412. The summed E-state index contributed by atoms with van der Waals surface area (Å²) in [4.78, 5) is 11.7. The summed E-state index contributed by atoms with van der Waals surface area (Å²) in [5.74, 6) is 0.815. The number of ether oxygens (including phenoxy) is 1. The average molecular weight is 254 g/mol. The Morgan fingerprint density at radius 3 is 2.78 bits per heavy atom. The molecule has 18 heavy (non-hydrogen) atoms. The molecular formula is C14H26N2O2. The van der Waals surface area contributed by atoms with Crippen molar-refractivity contribution in [2.75, 3.05) is 6.54 Å². The first-order valence-electron chi connectivity index (χ1n) is 7.17. The second kappa shape index (κ2) is 5.47. The van der Waals surface area contributed by atoms with Gasteiger partial charge in [0.05, 0.1) is 0 Å². The maximum Gasteiger partial charge on any atom is 0.407 e. The number of carbonyl (C=O) groups excluding carboxylic acids is 1. The topological polar surface area (TPSA) is 50.4 Å². The van der Waals surface area contributed by atoms with Crippen LogP contribution in [0.4, 0.5) is 4.79 Å². The van der Waals surface area contributed by atoms with Gasteiger partial charge in [0.2, 0.25) is 0 Å². The van der Waals surface area contributed by atoms with E-state index in [4.69, 9.17) is 4.74 Å². The van der Waals surface area contributed by atoms with Crippen LogP contribution in [0.2, 0.25) is 0 Å². The van der Waals surface area contributed by atoms with Gasteiger partial charge in [-0.15, -0.1) is 0 Å². The zero-order valence-electron chi connectivity index (χ0n) is 11.8. The molecule has 3 unspecified atom stereocenters. The fourth-order valence-corrected chi connectivity index (χ4v) is 3.09. The van der Waals surface area contributed by atoms with E-state index in [-0.39, 0.29) is 12.1 Å². The Balaban J connectivity index is 1.79. The number of piperidine rings is 1. The van der Waals surface area contributed by atoms with Crippen molar-refractivity contribution in [2.24, 2.45) is 5.92 Å². The van der Waals surface area contributed by atoms with Crippen LogP contribution >= 0.6 is 0 Å². The molecule has 1 heterocycles. The Morgan fingerprint density at radius 1 is 1.28 bits per heavy atom. The van der Waals surface area contributed by atoms with E-state index in [1.807, 2.05) is 20.8 Å². The zero-order chi connectivity index (χ0) is 13.2. The quantitative estimate of drug-likeness (QED) is 0.755. The Morgan fingerprint density at radius 2 is 2.06 bits per heavy atom. The van der Waals surface area contributed by atoms with Gasteiger partial charge in [-0.05, 0) is 65.3 Å². The van der Waals surface area contributed by atoms with Crippen molar-refractivity contribution in [3.63, 3.8) is 0 Å². The molecule has 0 aromatic carbocycles. The van der Waals surface area contributed by atoms with E-state index in [1.165, 1.54) is 19.3 Å². The standard InChI is InChI=1S/C14H26N2O2/c1-14(2,3)18-13(17)16-11-7-6-10-5-4-8-15-12(10)9-11/h10-12,15H,4-9H2,1-3H3,(H,16,17). The highest BCUT2D eigenvalue weighted by atomic mass is 16.6. The van der Waals surface area contributed by atoms with Crippen LogP contribution in [0.1, 0.15) is 52.9 Å². The smallest absolute Gasteiger partial charge is 0.407 e. The molecule has 1 aliphatic carbocycles. The lowest BCUT2D eigenvalue weighted by Crippen LogP contribution is -2.51. The highest BCUT2D eigenvalue weighted by molar-refractivity contribution is 5.68. The minimum atomic E-state index is -0.412. The maximum absolute atomic E-state index is 11.7. The van der Waals surface area contributed by atoms with Gasteiger partial charge in [-0.25, -0.2) is 4.79 Å². The normalized spacial score (nSPS) is 32.5. The van der Waals surface area contributed by atoms with Crippen molar-refractivity contribution in [3.05, 3.63) is 0 Å². The van der Waals surface area contributed by atoms with E-state index in [0.717, 1.165) is 25.3 Å². The van der Waals surface area contributed by atoms with Gasteiger partial charge in [-0.3, -0.25) is 0 Å². The molecule has 4 heteroatoms. The maximum atomic E-state index is 11.7. The van der Waals surface area contributed by atoms with E-state index in [2.05, 4.69) is 10.6 Å². The van der Waals surface area contributed by atoms with Crippen molar-refractivity contribution in [2.45, 2.75) is 70.6 Å². The lowest BCUT2D eigenvalue weighted by Gasteiger charge is -2.40. The minimum Gasteiger partial charge on any atom is -0.444 e. The fraction of sp³-hybridized carbons (Fsp3) is 0.929. The van der Waals surface area contributed by atoms with Gasteiger partial charge in [-0.1, -0.05) is 0 Å². The molecule has 0 radical (unpaired) electrons. The largest absolute Gasteiger partial charge is 0.444 e. The van der Waals surface area contributed by atoms with Crippen LogP contribution in [0.5, 0.6) is 0 Å². The number of rotatable bonds is 1. The van der Waals surface area contributed by atoms with E-state index in [9.17, 15) is 4.79 Å². The molecule has 1 amide bonds. The van der Waals surface area contributed by atoms with Crippen LogP contribution in [0, 0.1) is 5.92 Å². The van der Waals surface area contributed by atoms with Gasteiger partial charge in [0.25, 0.3) is 0 Å². The van der Waals surface area contributed by atoms with Crippen molar-refractivity contribution in [1.29, 1.82) is 0 Å². The third-order valence-electron chi connectivity index (χ3n) is 3.87. The molecule has 2 fully saturated rings. The van der Waals surface area contributed by atoms with Gasteiger partial charge in [0.1, 0.15) is 5.60 Å². The molecule has 1 saturated carbocycles. The summed E-state index contributed by atoms with van der Waals surface area (Å²) in [6.45, 7) is 6.81. The third-order valence-corrected chi connectivity index (χ3v) is 3.87. The third kappa shape index (κ3) is 3.87. The summed E-state index contributed by atoms with van der Waals surface area (Å²) < 4.78 is 5.31. The first-order chi connectivity index (χ1) is 8.44. The summed E-state index contributed by atoms with van der Waals surface area (Å²) >= 11 is 0. The number of carbonyl (C=O) groups is 1. The number of amides is 1. The van der Waals surface area contributed by atoms with Crippen molar-refractivity contribution in [1.82, 2.24) is 10.6 Å². The molecule has 2 rings (SSSR count). The van der Waals surface area contributed by atoms with Crippen LogP contribution in [-0.2, 0) is 4.74 Å². The average Bonchev–Trinajstić information content (AvgIpc) is 2.26. The summed E-state index contributed by atoms with van der Waals surface area (Å²) in [6.07, 6.45) is 5.72. The van der Waals surface area contributed by atoms with Crippen LogP contribution < -0.4 is 10.6 Å². The molecule has 2 aliphatic rings. The van der Waals surface area contributed by atoms with Crippen LogP contribution in [0.15, 0.2) is 0 Å². The molecule has 0 spiro atoms. The van der Waals surface area contributed by atoms with Crippen LogP contribution in [0.3, 0.4) is 0 Å². The van der Waals surface area contributed by atoms with Gasteiger partial charge in [0.15, 0.2) is 0 Å². The number of fused-ring (bicyclic) bond motifs is 1. The predicted molar refractivity (Wildman–Crippen MR) is 71.5 cm³/mol. The SMILES string of the molecule is CC(C)(C)OC(=O)NC1CCC2CCCNC2C1. The predicted octanol–water partition coefficient (Wildman–Crippen LogP) is 2.43. The first kappa shape index (κ1) is 13.7. The van der Waals surface area contributed by atoms with Crippen molar-refractivity contribution < 1.29 is 9.53 Å². The van der Waals surface area contributed by atoms with E-state index >= 15 is 0 Å². The van der Waals surface area contributed by atoms with Crippen molar-refractivity contribution in [3.8, 4) is 0 Å². The van der Waals surface area contributed by atoms with Gasteiger partial charge in [0, 0.05) is 12.1 Å². The molecule has 1 aliphatic heterocycles. The number of nitrogens with one attached hydrogen (secondary N) is 2. The van der Waals surface area contributed by atoms with Gasteiger partial charge in [-0.2, -0.15) is 0 Å². The molecule has 104 valence electrons. The molecular weight excluding hydrogens is 228 g/mol. The molecule has 1 saturated heterocycles. The summed E-state index contributed by atoms with van der Waals surface area (Å²) in [7, 11) is 0. The Labute approximate surface area is 110 Å². The minimum absolute atomic E-state index is 0.270. The molecule has 2 N–H and O–H groups in total. The highest BCUT2D eigenvalue weighted by Crippen LogP contribution is 2.30. The summed E-state index contributed by atoms with van der Waals surface area (Å²) in [5, 5.41) is 6.59. The molecule has 0 aromatic rings. The van der Waals surface area contributed by atoms with E-state index in [0.29, 0.717) is 6.04 Å². The Kier molecular flexibility index (Phi) is 4.15. The lowest BCUT2D eigenvalue weighted by molar-refractivity contribution is 0.0473. The van der Waals surface area contributed by atoms with E-state index in [1.54, 1.807) is 0 Å². The molecule has 0 bridgehead atoms. The first-order valence-corrected chi connectivity index (χ1v) is 7.17. The fourth-order valence-electron chi connectivity index (χ4n) is 3.09. The van der Waals surface area contributed by atoms with Gasteiger partial charge >= 0.3 is 6.09 Å². The Hall–Kier alpha value is -0.770. The lowest BCUT2D eigenvalue weighted by atomic mass is 9.77. The number of hydrogen-bond acceptors (Lipinski definition) is 3. The van der Waals surface area contributed by atoms with Crippen LogP contribution in [0.25, 0.3) is 0 Å². The summed E-state index contributed by atoms with van der Waals surface area (Å²) in [6, 6.07) is 0.860. The van der Waals surface area contributed by atoms with Crippen LogP contribution in [-0.4, -0.2) is 30.3 Å². The highest BCUT2D eigenvalue weighted by Gasteiger charge is 2.33. The number of hydrogen-bond donors (Lipinski definition) is 2. The second-order valence-electron chi connectivity index (χ2n) is 6.62. The van der Waals surface area contributed by atoms with Crippen molar-refractivity contribution >= 4 is 6.09 Å². The molecule has 4 nitrogen and oxygen atoms in total. The van der Waals surface area contributed by atoms with Gasteiger partial charge < -0.3 is 15.4 Å². The molecule has 0 aromatic heterocycles. The van der Waals surface area contributed by atoms with E-state index < -0.39 is 5.60 Å².